The Morgan fingerprint density at radius 1 is 1.12 bits per heavy atom. The molecule has 0 aromatic carbocycles. The second-order valence-electron chi connectivity index (χ2n) is 5.73. The fourth-order valence-corrected chi connectivity index (χ4v) is 1.98. The van der Waals surface area contributed by atoms with Gasteiger partial charge in [-0.1, -0.05) is 5.10 Å². The third-order valence-corrected chi connectivity index (χ3v) is 3.03. The Morgan fingerprint density at radius 3 is 2.24 bits per heavy atom. The first kappa shape index (κ1) is 20.5. The van der Waals surface area contributed by atoms with Crippen molar-refractivity contribution in [3.05, 3.63) is 0 Å². The molecule has 0 spiro atoms. The molecule has 0 aromatic heterocycles. The van der Waals surface area contributed by atoms with E-state index in [1.807, 2.05) is 0 Å². The van der Waals surface area contributed by atoms with E-state index in [1.54, 1.807) is 27.7 Å². The molecule has 1 heterocycles. The Balaban J connectivity index is 3.20. The Kier molecular flexibility index (Phi) is 7.01. The van der Waals surface area contributed by atoms with Crippen LogP contribution in [0.3, 0.4) is 0 Å². The number of amides is 1. The summed E-state index contributed by atoms with van der Waals surface area (Å²) < 4.78 is 25.2. The Labute approximate surface area is 146 Å². The summed E-state index contributed by atoms with van der Waals surface area (Å²) in [5.41, 5.74) is -2.01. The molecule has 0 saturated heterocycles. The van der Waals surface area contributed by atoms with Gasteiger partial charge in [0.25, 0.3) is 0 Å². The summed E-state index contributed by atoms with van der Waals surface area (Å²) in [5, 5.41) is 4.58. The molecule has 0 fully saturated rings. The van der Waals surface area contributed by atoms with E-state index in [0.29, 0.717) is 5.01 Å². The van der Waals surface area contributed by atoms with Crippen LogP contribution in [0.1, 0.15) is 40.5 Å². The van der Waals surface area contributed by atoms with Gasteiger partial charge in [-0.3, -0.25) is 4.79 Å². The van der Waals surface area contributed by atoms with Crippen LogP contribution in [0.4, 0.5) is 4.79 Å². The van der Waals surface area contributed by atoms with Gasteiger partial charge >= 0.3 is 29.8 Å². The standard InChI is InChI=1S/C15H24N2O8/c1-9(2)23-13-16-17(14(20)24-10(3)4)15(25-13,12(19)22-6)8-7-11(18)21-5/h9-10H,7-8H2,1-6H3. The van der Waals surface area contributed by atoms with E-state index in [-0.39, 0.29) is 25.0 Å². The van der Waals surface area contributed by atoms with Crippen LogP contribution in [0, 0.1) is 0 Å². The van der Waals surface area contributed by atoms with Crippen molar-refractivity contribution < 1.29 is 38.1 Å². The van der Waals surface area contributed by atoms with Crippen molar-refractivity contribution in [1.82, 2.24) is 5.01 Å². The molecule has 1 aliphatic heterocycles. The predicted octanol–water partition coefficient (Wildman–Crippen LogP) is 1.38. The summed E-state index contributed by atoms with van der Waals surface area (Å²) in [7, 11) is 2.33. The molecule has 25 heavy (non-hydrogen) atoms. The topological polar surface area (TPSA) is 113 Å². The highest BCUT2D eigenvalue weighted by Crippen LogP contribution is 2.33. The minimum absolute atomic E-state index is 0.221. The van der Waals surface area contributed by atoms with Gasteiger partial charge in [0.2, 0.25) is 0 Å². The number of rotatable bonds is 6. The number of nitrogens with zero attached hydrogens (tertiary/aromatic N) is 2. The number of hydrogen-bond donors (Lipinski definition) is 0. The van der Waals surface area contributed by atoms with Gasteiger partial charge in [0.05, 0.1) is 32.8 Å². The molecule has 10 heteroatoms. The zero-order valence-corrected chi connectivity index (χ0v) is 15.2. The third kappa shape index (κ3) is 4.97. The monoisotopic (exact) mass is 360 g/mol. The molecule has 1 unspecified atom stereocenters. The van der Waals surface area contributed by atoms with Crippen LogP contribution in [0.5, 0.6) is 0 Å². The molecule has 0 radical (unpaired) electrons. The number of hydrazone groups is 1. The highest BCUT2D eigenvalue weighted by atomic mass is 16.7. The number of carbonyl (C=O) groups excluding carboxylic acids is 3. The SMILES string of the molecule is COC(=O)CCC1(C(=O)OC)OC(OC(C)C)=NN1C(=O)OC(C)C. The van der Waals surface area contributed by atoms with Crippen molar-refractivity contribution in [3.63, 3.8) is 0 Å². The van der Waals surface area contributed by atoms with Crippen LogP contribution in [-0.2, 0) is 33.3 Å². The Hall–Kier alpha value is -2.52. The van der Waals surface area contributed by atoms with E-state index in [1.165, 1.54) is 7.11 Å². The summed E-state index contributed by atoms with van der Waals surface area (Å²) in [6, 6.07) is 0. The second kappa shape index (κ2) is 8.54. The number of esters is 2. The largest absolute Gasteiger partial charge is 0.469 e. The van der Waals surface area contributed by atoms with Crippen LogP contribution in [-0.4, -0.2) is 61.3 Å². The summed E-state index contributed by atoms with van der Waals surface area (Å²) in [4.78, 5) is 36.3. The first-order chi connectivity index (χ1) is 11.7. The fraction of sp³-hybridized carbons (Fsp3) is 0.733. The smallest absolute Gasteiger partial charge is 0.434 e. The van der Waals surface area contributed by atoms with E-state index in [9.17, 15) is 14.4 Å². The molecule has 0 bridgehead atoms. The number of hydrogen-bond acceptors (Lipinski definition) is 9. The van der Waals surface area contributed by atoms with Crippen molar-refractivity contribution in [2.45, 2.75) is 58.5 Å². The number of methoxy groups -OCH3 is 2. The Morgan fingerprint density at radius 2 is 1.76 bits per heavy atom. The van der Waals surface area contributed by atoms with Crippen molar-refractivity contribution in [2.24, 2.45) is 5.10 Å². The predicted molar refractivity (Wildman–Crippen MR) is 84.2 cm³/mol. The van der Waals surface area contributed by atoms with Crippen molar-refractivity contribution >= 4 is 24.1 Å². The van der Waals surface area contributed by atoms with Crippen LogP contribution in [0.15, 0.2) is 5.10 Å². The molecule has 142 valence electrons. The normalized spacial score (nSPS) is 19.4. The lowest BCUT2D eigenvalue weighted by Crippen LogP contribution is -2.55. The van der Waals surface area contributed by atoms with Crippen LogP contribution >= 0.6 is 0 Å². The molecular formula is C15H24N2O8. The van der Waals surface area contributed by atoms with E-state index in [0.717, 1.165) is 7.11 Å². The lowest BCUT2D eigenvalue weighted by Gasteiger charge is -2.31. The lowest BCUT2D eigenvalue weighted by molar-refractivity contribution is -0.178. The van der Waals surface area contributed by atoms with Crippen molar-refractivity contribution in [2.75, 3.05) is 14.2 Å². The van der Waals surface area contributed by atoms with E-state index in [4.69, 9.17) is 18.9 Å². The van der Waals surface area contributed by atoms with Crippen LogP contribution < -0.4 is 0 Å². The van der Waals surface area contributed by atoms with Gasteiger partial charge in [0.1, 0.15) is 0 Å². The maximum absolute atomic E-state index is 12.4. The molecule has 1 amide bonds. The molecule has 0 aliphatic carbocycles. The van der Waals surface area contributed by atoms with E-state index >= 15 is 0 Å². The highest BCUT2D eigenvalue weighted by Gasteiger charge is 2.57. The number of ether oxygens (including phenoxy) is 5. The average Bonchev–Trinajstić information content (AvgIpc) is 2.90. The molecule has 1 atom stereocenters. The molecule has 0 saturated carbocycles. The molecule has 1 rings (SSSR count). The van der Waals surface area contributed by atoms with Crippen molar-refractivity contribution in [3.8, 4) is 0 Å². The van der Waals surface area contributed by atoms with E-state index < -0.39 is 29.9 Å². The highest BCUT2D eigenvalue weighted by molar-refractivity contribution is 5.90. The zero-order valence-electron chi connectivity index (χ0n) is 15.2. The van der Waals surface area contributed by atoms with Crippen LogP contribution in [0.2, 0.25) is 0 Å². The minimum Gasteiger partial charge on any atom is -0.469 e. The van der Waals surface area contributed by atoms with Gasteiger partial charge in [-0.2, -0.15) is 0 Å². The van der Waals surface area contributed by atoms with Gasteiger partial charge < -0.3 is 23.7 Å². The quantitative estimate of drug-likeness (QED) is 0.516. The van der Waals surface area contributed by atoms with Gasteiger partial charge in [-0.05, 0) is 27.7 Å². The van der Waals surface area contributed by atoms with Crippen molar-refractivity contribution in [1.29, 1.82) is 0 Å². The summed E-state index contributed by atoms with van der Waals surface area (Å²) >= 11 is 0. The van der Waals surface area contributed by atoms with Gasteiger partial charge in [0.15, 0.2) is 0 Å². The summed E-state index contributed by atoms with van der Waals surface area (Å²) in [6.45, 7) is 6.71. The molecule has 0 N–H and O–H groups in total. The fourth-order valence-electron chi connectivity index (χ4n) is 1.98. The summed E-state index contributed by atoms with van der Waals surface area (Å²) in [6.07, 6.45) is -2.50. The Bertz CT molecular complexity index is 546. The first-order valence-electron chi connectivity index (χ1n) is 7.76. The summed E-state index contributed by atoms with van der Waals surface area (Å²) in [5.74, 6) is -1.52. The average molecular weight is 360 g/mol. The third-order valence-electron chi connectivity index (χ3n) is 3.03. The minimum atomic E-state index is -2.01. The molecular weight excluding hydrogens is 336 g/mol. The lowest BCUT2D eigenvalue weighted by atomic mass is 10.1. The van der Waals surface area contributed by atoms with Gasteiger partial charge in [0, 0.05) is 6.42 Å². The van der Waals surface area contributed by atoms with E-state index in [2.05, 4.69) is 9.84 Å². The van der Waals surface area contributed by atoms with Crippen LogP contribution in [0.25, 0.3) is 0 Å². The maximum atomic E-state index is 12.4. The van der Waals surface area contributed by atoms with Gasteiger partial charge in [-0.15, -0.1) is 5.01 Å². The molecule has 1 aliphatic rings. The number of carbonyl (C=O) groups is 3. The molecule has 10 nitrogen and oxygen atoms in total. The van der Waals surface area contributed by atoms with Gasteiger partial charge in [-0.25, -0.2) is 9.59 Å². The maximum Gasteiger partial charge on any atom is 0.434 e. The second-order valence-corrected chi connectivity index (χ2v) is 5.73. The zero-order chi connectivity index (χ0) is 19.2. The first-order valence-corrected chi connectivity index (χ1v) is 7.76. The molecule has 0 aromatic rings.